The molecule has 30 heavy (non-hydrogen) atoms. The first-order valence-electron chi connectivity index (χ1n) is 9.91. The van der Waals surface area contributed by atoms with Gasteiger partial charge < -0.3 is 10.6 Å². The van der Waals surface area contributed by atoms with E-state index in [2.05, 4.69) is 52.0 Å². The summed E-state index contributed by atoms with van der Waals surface area (Å²) in [5, 5.41) is 9.50. The molecule has 0 aliphatic rings. The molecule has 4 aromatic rings. The number of pyridine rings is 1. The van der Waals surface area contributed by atoms with E-state index in [-0.39, 0.29) is 6.04 Å². The van der Waals surface area contributed by atoms with Crippen molar-refractivity contribution in [2.24, 2.45) is 0 Å². The summed E-state index contributed by atoms with van der Waals surface area (Å²) in [4.78, 5) is 4.41. The lowest BCUT2D eigenvalue weighted by Gasteiger charge is -2.18. The van der Waals surface area contributed by atoms with Crippen LogP contribution in [0.4, 0.5) is 5.69 Å². The second kappa shape index (κ2) is 9.48. The molecule has 3 aromatic carbocycles. The number of likely N-dealkylation sites (N-methyl/N-ethyl adjacent to an activating group) is 1. The standard InChI is InChI=1S/C25H23Cl2N3/c1-28-24(14-17-5-7-20(26)8-6-17)19-4-2-3-18(13-19)16-30-23-11-12-29-25-15-21(27)9-10-22(23)25/h2-13,15,24,28H,14,16H2,1H3,(H,29,30). The molecule has 0 radical (unpaired) electrons. The van der Waals surface area contributed by atoms with E-state index >= 15 is 0 Å². The number of nitrogens with one attached hydrogen (secondary N) is 2. The molecule has 0 spiro atoms. The van der Waals surface area contributed by atoms with Crippen molar-refractivity contribution in [3.63, 3.8) is 0 Å². The van der Waals surface area contributed by atoms with Gasteiger partial charge in [-0.15, -0.1) is 0 Å². The zero-order valence-corrected chi connectivity index (χ0v) is 18.2. The molecule has 1 aromatic heterocycles. The number of rotatable bonds is 7. The van der Waals surface area contributed by atoms with E-state index in [0.717, 1.165) is 34.6 Å². The van der Waals surface area contributed by atoms with Gasteiger partial charge in [0.15, 0.2) is 0 Å². The maximum absolute atomic E-state index is 6.10. The topological polar surface area (TPSA) is 37.0 Å². The zero-order chi connectivity index (χ0) is 20.9. The van der Waals surface area contributed by atoms with Gasteiger partial charge in [0.25, 0.3) is 0 Å². The smallest absolute Gasteiger partial charge is 0.0737 e. The molecule has 2 N–H and O–H groups in total. The van der Waals surface area contributed by atoms with Crippen molar-refractivity contribution < 1.29 is 0 Å². The Morgan fingerprint density at radius 3 is 2.47 bits per heavy atom. The van der Waals surface area contributed by atoms with Crippen LogP contribution in [0.25, 0.3) is 10.9 Å². The molecule has 1 heterocycles. The Kier molecular flexibility index (Phi) is 6.53. The summed E-state index contributed by atoms with van der Waals surface area (Å²) >= 11 is 12.1. The van der Waals surface area contributed by atoms with Gasteiger partial charge in [-0.2, -0.15) is 0 Å². The molecule has 0 saturated heterocycles. The van der Waals surface area contributed by atoms with Gasteiger partial charge in [-0.25, -0.2) is 0 Å². The van der Waals surface area contributed by atoms with Crippen molar-refractivity contribution in [3.05, 3.63) is 106 Å². The molecule has 0 bridgehead atoms. The quantitative estimate of drug-likeness (QED) is 0.340. The minimum absolute atomic E-state index is 0.232. The van der Waals surface area contributed by atoms with Crippen LogP contribution < -0.4 is 10.6 Å². The van der Waals surface area contributed by atoms with E-state index in [0.29, 0.717) is 5.02 Å². The van der Waals surface area contributed by atoms with Gasteiger partial charge in [-0.05, 0) is 66.6 Å². The summed E-state index contributed by atoms with van der Waals surface area (Å²) in [5.74, 6) is 0. The first-order chi connectivity index (χ1) is 14.6. The minimum atomic E-state index is 0.232. The van der Waals surface area contributed by atoms with E-state index < -0.39 is 0 Å². The van der Waals surface area contributed by atoms with Gasteiger partial charge in [0.05, 0.1) is 5.52 Å². The largest absolute Gasteiger partial charge is 0.380 e. The lowest BCUT2D eigenvalue weighted by Crippen LogP contribution is -2.19. The van der Waals surface area contributed by atoms with Gasteiger partial charge in [0, 0.05) is 39.9 Å². The third-order valence-corrected chi connectivity index (χ3v) is 5.73. The van der Waals surface area contributed by atoms with Crippen molar-refractivity contribution in [2.75, 3.05) is 12.4 Å². The molecule has 0 amide bonds. The Balaban J connectivity index is 1.50. The number of fused-ring (bicyclic) bond motifs is 1. The normalized spacial score (nSPS) is 12.1. The molecule has 4 rings (SSSR count). The van der Waals surface area contributed by atoms with Gasteiger partial charge in [0.1, 0.15) is 0 Å². The number of benzene rings is 3. The van der Waals surface area contributed by atoms with Crippen LogP contribution in [0.15, 0.2) is 79.0 Å². The number of aromatic nitrogens is 1. The first-order valence-corrected chi connectivity index (χ1v) is 10.7. The molecular weight excluding hydrogens is 413 g/mol. The fourth-order valence-corrected chi connectivity index (χ4v) is 3.93. The highest BCUT2D eigenvalue weighted by molar-refractivity contribution is 6.31. The van der Waals surface area contributed by atoms with Gasteiger partial charge in [-0.1, -0.05) is 59.6 Å². The molecule has 1 atom stereocenters. The van der Waals surface area contributed by atoms with E-state index in [1.807, 2.05) is 43.4 Å². The molecule has 152 valence electrons. The summed E-state index contributed by atoms with van der Waals surface area (Å²) in [5.41, 5.74) is 5.68. The molecule has 0 aliphatic heterocycles. The van der Waals surface area contributed by atoms with E-state index in [4.69, 9.17) is 23.2 Å². The predicted molar refractivity (Wildman–Crippen MR) is 127 cm³/mol. The Bertz CT molecular complexity index is 1140. The van der Waals surface area contributed by atoms with E-state index in [1.54, 1.807) is 6.20 Å². The minimum Gasteiger partial charge on any atom is -0.380 e. The Labute approximate surface area is 187 Å². The average molecular weight is 436 g/mol. The highest BCUT2D eigenvalue weighted by Crippen LogP contribution is 2.25. The summed E-state index contributed by atoms with van der Waals surface area (Å²) < 4.78 is 0. The molecular formula is C25H23Cl2N3. The van der Waals surface area contributed by atoms with Gasteiger partial charge in [-0.3, -0.25) is 4.98 Å². The Hall–Kier alpha value is -2.59. The molecule has 0 aliphatic carbocycles. The summed E-state index contributed by atoms with van der Waals surface area (Å²) in [7, 11) is 2.00. The van der Waals surface area contributed by atoms with Crippen LogP contribution in [0.3, 0.4) is 0 Å². The zero-order valence-electron chi connectivity index (χ0n) is 16.7. The van der Waals surface area contributed by atoms with E-state index in [1.165, 1.54) is 16.7 Å². The summed E-state index contributed by atoms with van der Waals surface area (Å²) in [6.07, 6.45) is 2.71. The number of halogens is 2. The number of anilines is 1. The van der Waals surface area contributed by atoms with Crippen LogP contribution in [0.5, 0.6) is 0 Å². The number of hydrogen-bond acceptors (Lipinski definition) is 3. The molecule has 5 heteroatoms. The van der Waals surface area contributed by atoms with Crippen LogP contribution in [0.1, 0.15) is 22.7 Å². The van der Waals surface area contributed by atoms with E-state index in [9.17, 15) is 0 Å². The molecule has 3 nitrogen and oxygen atoms in total. The van der Waals surface area contributed by atoms with Crippen molar-refractivity contribution in [1.82, 2.24) is 10.3 Å². The van der Waals surface area contributed by atoms with Crippen LogP contribution in [0.2, 0.25) is 10.0 Å². The maximum Gasteiger partial charge on any atom is 0.0737 e. The summed E-state index contributed by atoms with van der Waals surface area (Å²) in [6, 6.07) is 24.7. The van der Waals surface area contributed by atoms with Crippen LogP contribution in [-0.4, -0.2) is 12.0 Å². The average Bonchev–Trinajstić information content (AvgIpc) is 2.77. The second-order valence-electron chi connectivity index (χ2n) is 7.29. The summed E-state index contributed by atoms with van der Waals surface area (Å²) in [6.45, 7) is 0.729. The Morgan fingerprint density at radius 2 is 1.67 bits per heavy atom. The van der Waals surface area contributed by atoms with Crippen molar-refractivity contribution in [2.45, 2.75) is 19.0 Å². The van der Waals surface area contributed by atoms with Crippen LogP contribution in [0, 0.1) is 0 Å². The van der Waals surface area contributed by atoms with Crippen molar-refractivity contribution >= 4 is 39.8 Å². The fourth-order valence-electron chi connectivity index (χ4n) is 3.64. The molecule has 0 saturated carbocycles. The number of nitrogens with zero attached hydrogens (tertiary/aromatic N) is 1. The highest BCUT2D eigenvalue weighted by Gasteiger charge is 2.11. The lowest BCUT2D eigenvalue weighted by atomic mass is 9.97. The lowest BCUT2D eigenvalue weighted by molar-refractivity contribution is 0.591. The third-order valence-electron chi connectivity index (χ3n) is 5.24. The second-order valence-corrected chi connectivity index (χ2v) is 8.16. The van der Waals surface area contributed by atoms with Crippen LogP contribution >= 0.6 is 23.2 Å². The molecule has 0 fully saturated rings. The van der Waals surface area contributed by atoms with Gasteiger partial charge >= 0.3 is 0 Å². The first kappa shape index (κ1) is 20.7. The number of hydrogen-bond donors (Lipinski definition) is 2. The Morgan fingerprint density at radius 1 is 0.867 bits per heavy atom. The maximum atomic E-state index is 6.10. The van der Waals surface area contributed by atoms with Crippen molar-refractivity contribution in [1.29, 1.82) is 0 Å². The fraction of sp³-hybridized carbons (Fsp3) is 0.160. The van der Waals surface area contributed by atoms with Gasteiger partial charge in [0.2, 0.25) is 0 Å². The van der Waals surface area contributed by atoms with Crippen LogP contribution in [-0.2, 0) is 13.0 Å². The monoisotopic (exact) mass is 435 g/mol. The SMILES string of the molecule is CNC(Cc1ccc(Cl)cc1)c1cccc(CNc2ccnc3cc(Cl)ccc23)c1. The van der Waals surface area contributed by atoms with Crippen molar-refractivity contribution in [3.8, 4) is 0 Å². The predicted octanol–water partition coefficient (Wildman–Crippen LogP) is 6.66. The third kappa shape index (κ3) is 4.93. The highest BCUT2D eigenvalue weighted by atomic mass is 35.5. The molecule has 1 unspecified atom stereocenters.